The number of hydrogen-bond acceptors (Lipinski definition) is 6. The van der Waals surface area contributed by atoms with Gasteiger partial charge in [-0.2, -0.15) is 4.72 Å². The van der Waals surface area contributed by atoms with Gasteiger partial charge in [0.2, 0.25) is 15.9 Å². The lowest BCUT2D eigenvalue weighted by molar-refractivity contribution is -0.150. The fourth-order valence-electron chi connectivity index (χ4n) is 5.48. The Bertz CT molecular complexity index is 1470. The summed E-state index contributed by atoms with van der Waals surface area (Å²) in [6, 6.07) is 9.82. The smallest absolute Gasteiger partial charge is 0.326 e. The van der Waals surface area contributed by atoms with Crippen molar-refractivity contribution in [3.63, 3.8) is 0 Å². The highest BCUT2D eigenvalue weighted by Crippen LogP contribution is 2.24. The van der Waals surface area contributed by atoms with Gasteiger partial charge in [-0.25, -0.2) is 13.2 Å². The summed E-state index contributed by atoms with van der Waals surface area (Å²) < 4.78 is 30.1. The van der Waals surface area contributed by atoms with Gasteiger partial charge in [-0.3, -0.25) is 10.2 Å². The zero-order valence-electron chi connectivity index (χ0n) is 23.8. The monoisotopic (exact) mass is 581 g/mol. The maximum atomic E-state index is 13.9. The third kappa shape index (κ3) is 7.22. The standard InChI is InChI=1S/C30H39N5O5S/c1-19(2)34-12-10-22-7-8-25(18-23(22)11-13-34)41(39,40)33-26(17-21-5-4-6-24(16-21)28(31)32)29(36)35-14-9-20(3)15-27(35)30(37)38/h4-9,16,18-19,26-27,33H,10-15,17H2,1-3H3,(H3,31,32)(H,37,38)/t26-,27+/m0/s1. The van der Waals surface area contributed by atoms with Gasteiger partial charge in [-0.05, 0) is 81.3 Å². The normalized spacial score (nSPS) is 18.8. The molecule has 2 aromatic rings. The zero-order valence-corrected chi connectivity index (χ0v) is 24.6. The van der Waals surface area contributed by atoms with Crippen molar-refractivity contribution in [3.8, 4) is 0 Å². The Labute approximate surface area is 241 Å². The summed E-state index contributed by atoms with van der Waals surface area (Å²) in [4.78, 5) is 29.6. The first kappa shape index (κ1) is 30.4. The van der Waals surface area contributed by atoms with E-state index in [1.165, 1.54) is 4.90 Å². The molecule has 2 atom stereocenters. The number of fused-ring (bicyclic) bond motifs is 1. The van der Waals surface area contributed by atoms with Gasteiger partial charge in [0, 0.05) is 31.2 Å². The summed E-state index contributed by atoms with van der Waals surface area (Å²) >= 11 is 0. The third-order valence-electron chi connectivity index (χ3n) is 7.92. The largest absolute Gasteiger partial charge is 0.480 e. The molecule has 1 amide bonds. The molecule has 220 valence electrons. The minimum absolute atomic E-state index is 0.0427. The van der Waals surface area contributed by atoms with E-state index in [9.17, 15) is 23.1 Å². The lowest BCUT2D eigenvalue weighted by atomic mass is 9.98. The lowest BCUT2D eigenvalue weighted by Gasteiger charge is -2.34. The molecule has 41 heavy (non-hydrogen) atoms. The Morgan fingerprint density at radius 2 is 1.83 bits per heavy atom. The lowest BCUT2D eigenvalue weighted by Crippen LogP contribution is -2.55. The number of nitrogens with one attached hydrogen (secondary N) is 2. The molecule has 2 aliphatic heterocycles. The van der Waals surface area contributed by atoms with Crippen molar-refractivity contribution in [1.29, 1.82) is 5.41 Å². The van der Waals surface area contributed by atoms with Crippen LogP contribution < -0.4 is 10.5 Å². The molecule has 11 heteroatoms. The quantitative estimate of drug-likeness (QED) is 0.201. The molecule has 2 aliphatic rings. The number of carboxylic acids is 1. The number of rotatable bonds is 9. The van der Waals surface area contributed by atoms with E-state index in [4.69, 9.17) is 11.1 Å². The molecule has 0 saturated carbocycles. The second-order valence-corrected chi connectivity index (χ2v) is 12.9. The highest BCUT2D eigenvalue weighted by atomic mass is 32.2. The van der Waals surface area contributed by atoms with Crippen LogP contribution in [0.5, 0.6) is 0 Å². The third-order valence-corrected chi connectivity index (χ3v) is 9.39. The maximum absolute atomic E-state index is 13.9. The second kappa shape index (κ2) is 12.5. The number of nitrogens with two attached hydrogens (primary N) is 1. The number of carbonyl (C=O) groups is 2. The van der Waals surface area contributed by atoms with Crippen molar-refractivity contribution in [2.75, 3.05) is 19.6 Å². The van der Waals surface area contributed by atoms with Crippen LogP contribution in [-0.2, 0) is 38.9 Å². The summed E-state index contributed by atoms with van der Waals surface area (Å²) in [5.74, 6) is -1.92. The molecule has 0 unspecified atom stereocenters. The SMILES string of the molecule is CC1=CCN(C(=O)[C@H](Cc2cccc(C(=N)N)c2)NS(=O)(=O)c2ccc3c(c2)CCN(C(C)C)CC3)[C@@H](C(=O)O)C1. The number of benzene rings is 2. The van der Waals surface area contributed by atoms with Crippen molar-refractivity contribution >= 4 is 27.7 Å². The zero-order chi connectivity index (χ0) is 29.9. The summed E-state index contributed by atoms with van der Waals surface area (Å²) in [5.41, 5.74) is 9.61. The molecule has 0 radical (unpaired) electrons. The van der Waals surface area contributed by atoms with Crippen LogP contribution in [0.2, 0.25) is 0 Å². The summed E-state index contributed by atoms with van der Waals surface area (Å²) in [6.45, 7) is 7.90. The van der Waals surface area contributed by atoms with Crippen LogP contribution in [0.3, 0.4) is 0 Å². The van der Waals surface area contributed by atoms with Crippen LogP contribution >= 0.6 is 0 Å². The molecule has 2 heterocycles. The van der Waals surface area contributed by atoms with Crippen molar-refractivity contribution in [3.05, 3.63) is 76.4 Å². The van der Waals surface area contributed by atoms with Crippen molar-refractivity contribution in [2.24, 2.45) is 5.73 Å². The Kier molecular flexibility index (Phi) is 9.31. The van der Waals surface area contributed by atoms with Crippen LogP contribution in [0.25, 0.3) is 0 Å². The first-order chi connectivity index (χ1) is 19.4. The van der Waals surface area contributed by atoms with E-state index >= 15 is 0 Å². The topological polar surface area (TPSA) is 157 Å². The number of aliphatic carboxylic acids is 1. The van der Waals surface area contributed by atoms with Gasteiger partial charge >= 0.3 is 5.97 Å². The van der Waals surface area contributed by atoms with Gasteiger partial charge in [0.15, 0.2) is 0 Å². The fraction of sp³-hybridized carbons (Fsp3) is 0.433. The van der Waals surface area contributed by atoms with Crippen LogP contribution in [0.15, 0.2) is 59.0 Å². The number of amides is 1. The highest BCUT2D eigenvalue weighted by molar-refractivity contribution is 7.89. The number of sulfonamides is 1. The van der Waals surface area contributed by atoms with Crippen molar-refractivity contribution < 1.29 is 23.1 Å². The minimum atomic E-state index is -4.15. The van der Waals surface area contributed by atoms with E-state index in [0.717, 1.165) is 42.6 Å². The molecular weight excluding hydrogens is 542 g/mol. The maximum Gasteiger partial charge on any atom is 0.326 e. The number of amidine groups is 1. The molecule has 0 spiro atoms. The van der Waals surface area contributed by atoms with Gasteiger partial charge in [-0.15, -0.1) is 0 Å². The first-order valence-electron chi connectivity index (χ1n) is 13.9. The van der Waals surface area contributed by atoms with Gasteiger partial charge < -0.3 is 20.6 Å². The van der Waals surface area contributed by atoms with E-state index < -0.39 is 34.0 Å². The van der Waals surface area contributed by atoms with E-state index in [0.29, 0.717) is 17.2 Å². The number of hydrogen-bond donors (Lipinski definition) is 4. The molecular formula is C30H39N5O5S. The number of carboxylic acid groups (broad SMARTS) is 1. The molecule has 0 saturated heterocycles. The highest BCUT2D eigenvalue weighted by Gasteiger charge is 2.37. The van der Waals surface area contributed by atoms with Crippen LogP contribution in [-0.4, -0.2) is 78.8 Å². The molecule has 0 aromatic heterocycles. The van der Waals surface area contributed by atoms with Gasteiger partial charge in [0.05, 0.1) is 4.90 Å². The molecule has 10 nitrogen and oxygen atoms in total. The van der Waals surface area contributed by atoms with E-state index in [1.54, 1.807) is 42.5 Å². The second-order valence-electron chi connectivity index (χ2n) is 11.2. The number of nitrogens with zero attached hydrogens (tertiary/aromatic N) is 2. The predicted molar refractivity (Wildman–Crippen MR) is 157 cm³/mol. The van der Waals surface area contributed by atoms with Gasteiger partial charge in [-0.1, -0.05) is 35.9 Å². The van der Waals surface area contributed by atoms with Gasteiger partial charge in [0.1, 0.15) is 17.9 Å². The Hall–Kier alpha value is -3.54. The molecule has 5 N–H and O–H groups in total. The molecule has 2 aromatic carbocycles. The van der Waals surface area contributed by atoms with Crippen molar-refractivity contribution in [2.45, 2.75) is 69.5 Å². The Morgan fingerprint density at radius 3 is 2.49 bits per heavy atom. The predicted octanol–water partition coefficient (Wildman–Crippen LogP) is 2.30. The van der Waals surface area contributed by atoms with E-state index in [1.807, 2.05) is 13.0 Å². The molecule has 0 fully saturated rings. The summed E-state index contributed by atoms with van der Waals surface area (Å²) in [5, 5.41) is 17.6. The van der Waals surface area contributed by atoms with Gasteiger partial charge in [0.25, 0.3) is 0 Å². The average Bonchev–Trinajstić information content (AvgIpc) is 3.14. The number of carbonyl (C=O) groups excluding carboxylic acids is 1. The summed E-state index contributed by atoms with van der Waals surface area (Å²) in [6.07, 6.45) is 3.45. The first-order valence-corrected chi connectivity index (χ1v) is 15.3. The van der Waals surface area contributed by atoms with Crippen LogP contribution in [0, 0.1) is 5.41 Å². The van der Waals surface area contributed by atoms with Crippen LogP contribution in [0.1, 0.15) is 49.4 Å². The molecule has 0 aliphatic carbocycles. The van der Waals surface area contributed by atoms with Crippen molar-refractivity contribution in [1.82, 2.24) is 14.5 Å². The average molecular weight is 582 g/mol. The van der Waals surface area contributed by atoms with E-state index in [-0.39, 0.29) is 30.1 Å². The Balaban J connectivity index is 1.66. The Morgan fingerprint density at radius 1 is 1.12 bits per heavy atom. The van der Waals surface area contributed by atoms with E-state index in [2.05, 4.69) is 23.5 Å². The summed E-state index contributed by atoms with van der Waals surface area (Å²) in [7, 11) is -4.15. The number of nitrogen functional groups attached to an aromatic ring is 1. The fourth-order valence-corrected chi connectivity index (χ4v) is 6.72. The molecule has 0 bridgehead atoms. The molecule has 4 rings (SSSR count). The van der Waals surface area contributed by atoms with Crippen LogP contribution in [0.4, 0.5) is 0 Å². The minimum Gasteiger partial charge on any atom is -0.480 e.